The number of nitriles is 1. The first-order valence-corrected chi connectivity index (χ1v) is 11.4. The molecule has 3 rings (SSSR count). The van der Waals surface area contributed by atoms with Crippen LogP contribution in [0.3, 0.4) is 0 Å². The molecule has 1 N–H and O–H groups in total. The zero-order valence-electron chi connectivity index (χ0n) is 20.8. The molecule has 3 aromatic carbocycles. The van der Waals surface area contributed by atoms with Crippen LogP contribution in [0.4, 0.5) is 5.69 Å². The fraction of sp³-hybridized carbons (Fsp3) is 0.207. The number of nitrogens with zero attached hydrogens (tertiary/aromatic N) is 1. The average Bonchev–Trinajstić information content (AvgIpc) is 2.88. The van der Waals surface area contributed by atoms with Gasteiger partial charge in [0.05, 0.1) is 19.3 Å². The second-order valence-electron chi connectivity index (χ2n) is 8.04. The summed E-state index contributed by atoms with van der Waals surface area (Å²) in [6.45, 7) is 6.50. The molecule has 0 aliphatic rings. The number of hydrogen-bond donors (Lipinski definition) is 1. The highest BCUT2D eigenvalue weighted by Gasteiger charge is 2.13. The Labute approximate surface area is 210 Å². The van der Waals surface area contributed by atoms with E-state index >= 15 is 0 Å². The van der Waals surface area contributed by atoms with Gasteiger partial charge in [-0.2, -0.15) is 5.26 Å². The number of nitrogens with one attached hydrogen (secondary N) is 1. The number of hydrogen-bond acceptors (Lipinski definition) is 6. The highest BCUT2D eigenvalue weighted by Crippen LogP contribution is 2.30. The Bertz CT molecular complexity index is 1320. The number of methoxy groups -OCH3 is 1. The van der Waals surface area contributed by atoms with Crippen molar-refractivity contribution in [3.05, 3.63) is 94.1 Å². The van der Waals surface area contributed by atoms with Gasteiger partial charge in [-0.3, -0.25) is 4.79 Å². The topological polar surface area (TPSA) is 97.7 Å². The predicted molar refractivity (Wildman–Crippen MR) is 138 cm³/mol. The number of aryl methyl sites for hydroxylation is 2. The van der Waals surface area contributed by atoms with E-state index in [9.17, 15) is 14.9 Å². The number of carbonyl (C=O) groups is 2. The van der Waals surface area contributed by atoms with Crippen LogP contribution < -0.4 is 14.8 Å². The van der Waals surface area contributed by atoms with Crippen molar-refractivity contribution >= 4 is 23.6 Å². The third-order valence-electron chi connectivity index (χ3n) is 5.48. The maximum atomic E-state index is 12.7. The van der Waals surface area contributed by atoms with Crippen LogP contribution in [0.1, 0.15) is 39.5 Å². The van der Waals surface area contributed by atoms with Crippen LogP contribution in [0.2, 0.25) is 0 Å². The lowest BCUT2D eigenvalue weighted by molar-refractivity contribution is -0.112. The SMILES string of the molecule is CCOC(=O)c1ccc(NC(=O)/C(C#N)=C/c2ccc(OCc3ccc(C)c(C)c3)c(OC)c2)cc1. The monoisotopic (exact) mass is 484 g/mol. The second kappa shape index (κ2) is 12.2. The molecule has 0 heterocycles. The van der Waals surface area contributed by atoms with E-state index in [-0.39, 0.29) is 12.2 Å². The van der Waals surface area contributed by atoms with Crippen molar-refractivity contribution in [2.45, 2.75) is 27.4 Å². The second-order valence-corrected chi connectivity index (χ2v) is 8.04. The Balaban J connectivity index is 1.71. The van der Waals surface area contributed by atoms with Gasteiger partial charge in [0, 0.05) is 5.69 Å². The van der Waals surface area contributed by atoms with Gasteiger partial charge in [-0.15, -0.1) is 0 Å². The van der Waals surface area contributed by atoms with Gasteiger partial charge >= 0.3 is 5.97 Å². The van der Waals surface area contributed by atoms with Gasteiger partial charge < -0.3 is 19.5 Å². The van der Waals surface area contributed by atoms with Gasteiger partial charge in [-0.05, 0) is 85.5 Å². The van der Waals surface area contributed by atoms with Gasteiger partial charge in [0.1, 0.15) is 18.2 Å². The molecule has 0 radical (unpaired) electrons. The predicted octanol–water partition coefficient (Wildman–Crippen LogP) is 5.61. The van der Waals surface area contributed by atoms with E-state index in [0.29, 0.717) is 34.9 Å². The maximum Gasteiger partial charge on any atom is 0.338 e. The third-order valence-corrected chi connectivity index (χ3v) is 5.48. The number of rotatable bonds is 9. The first-order chi connectivity index (χ1) is 17.3. The van der Waals surface area contributed by atoms with E-state index < -0.39 is 11.9 Å². The summed E-state index contributed by atoms with van der Waals surface area (Å²) in [5, 5.41) is 12.2. The fourth-order valence-electron chi connectivity index (χ4n) is 3.37. The van der Waals surface area contributed by atoms with E-state index in [1.807, 2.05) is 12.1 Å². The maximum absolute atomic E-state index is 12.7. The summed E-state index contributed by atoms with van der Waals surface area (Å²) in [6, 6.07) is 19.5. The number of benzene rings is 3. The molecule has 0 fully saturated rings. The minimum atomic E-state index is -0.574. The van der Waals surface area contributed by atoms with Crippen LogP contribution in [-0.4, -0.2) is 25.6 Å². The number of anilines is 1. The largest absolute Gasteiger partial charge is 0.493 e. The summed E-state index contributed by atoms with van der Waals surface area (Å²) < 4.78 is 16.3. The Hall–Kier alpha value is -4.57. The molecule has 1 amide bonds. The first kappa shape index (κ1) is 26.0. The lowest BCUT2D eigenvalue weighted by atomic mass is 10.1. The summed E-state index contributed by atoms with van der Waals surface area (Å²) in [4.78, 5) is 24.4. The summed E-state index contributed by atoms with van der Waals surface area (Å²) in [7, 11) is 1.53. The summed E-state index contributed by atoms with van der Waals surface area (Å²) in [6.07, 6.45) is 1.47. The molecule has 7 nitrogen and oxygen atoms in total. The summed E-state index contributed by atoms with van der Waals surface area (Å²) in [5.41, 5.74) is 4.80. The molecule has 0 saturated carbocycles. The van der Waals surface area contributed by atoms with Crippen molar-refractivity contribution < 1.29 is 23.8 Å². The first-order valence-electron chi connectivity index (χ1n) is 11.4. The normalized spacial score (nSPS) is 10.8. The number of amides is 1. The average molecular weight is 485 g/mol. The molecule has 3 aromatic rings. The van der Waals surface area contributed by atoms with Gasteiger partial charge in [0.2, 0.25) is 0 Å². The molecule has 36 heavy (non-hydrogen) atoms. The molecular weight excluding hydrogens is 456 g/mol. The van der Waals surface area contributed by atoms with E-state index in [1.54, 1.807) is 49.4 Å². The summed E-state index contributed by atoms with van der Waals surface area (Å²) >= 11 is 0. The van der Waals surface area contributed by atoms with Crippen LogP contribution in [0, 0.1) is 25.2 Å². The molecule has 0 spiro atoms. The van der Waals surface area contributed by atoms with Crippen LogP contribution in [0.25, 0.3) is 6.08 Å². The van der Waals surface area contributed by atoms with Crippen molar-refractivity contribution in [3.63, 3.8) is 0 Å². The lowest BCUT2D eigenvalue weighted by Gasteiger charge is -2.12. The van der Waals surface area contributed by atoms with Crippen LogP contribution in [-0.2, 0) is 16.1 Å². The molecule has 0 atom stereocenters. The van der Waals surface area contributed by atoms with Gasteiger partial charge in [0.15, 0.2) is 11.5 Å². The van der Waals surface area contributed by atoms with Crippen molar-refractivity contribution in [2.24, 2.45) is 0 Å². The smallest absolute Gasteiger partial charge is 0.338 e. The van der Waals surface area contributed by atoms with Gasteiger partial charge in [-0.1, -0.05) is 24.3 Å². The minimum absolute atomic E-state index is 0.0877. The Kier molecular flexibility index (Phi) is 8.84. The zero-order chi connectivity index (χ0) is 26.1. The molecule has 0 bridgehead atoms. The van der Waals surface area contributed by atoms with Crippen LogP contribution in [0.5, 0.6) is 11.5 Å². The summed E-state index contributed by atoms with van der Waals surface area (Å²) in [5.74, 6) is 0.0242. The van der Waals surface area contributed by atoms with Crippen molar-refractivity contribution in [1.82, 2.24) is 0 Å². The molecule has 0 aliphatic carbocycles. The highest BCUT2D eigenvalue weighted by molar-refractivity contribution is 6.09. The number of esters is 1. The minimum Gasteiger partial charge on any atom is -0.493 e. The molecule has 0 aliphatic heterocycles. The lowest BCUT2D eigenvalue weighted by Crippen LogP contribution is -2.13. The van der Waals surface area contributed by atoms with E-state index in [0.717, 1.165) is 5.56 Å². The van der Waals surface area contributed by atoms with Crippen LogP contribution in [0.15, 0.2) is 66.2 Å². The van der Waals surface area contributed by atoms with Gasteiger partial charge in [0.25, 0.3) is 5.91 Å². The molecule has 0 aromatic heterocycles. The Morgan fingerprint density at radius 1 is 0.972 bits per heavy atom. The van der Waals surface area contributed by atoms with Crippen LogP contribution >= 0.6 is 0 Å². The zero-order valence-corrected chi connectivity index (χ0v) is 20.8. The fourth-order valence-corrected chi connectivity index (χ4v) is 3.37. The molecule has 0 saturated heterocycles. The standard InChI is InChI=1S/C29H28N2O5/c1-5-35-29(33)23-9-11-25(12-10-23)31-28(32)24(17-30)15-21-8-13-26(27(16-21)34-4)36-18-22-7-6-19(2)20(3)14-22/h6-16H,5,18H2,1-4H3,(H,31,32)/b24-15+. The molecular formula is C29H28N2O5. The number of ether oxygens (including phenoxy) is 3. The van der Waals surface area contributed by atoms with E-state index in [1.165, 1.54) is 24.3 Å². The molecule has 184 valence electrons. The highest BCUT2D eigenvalue weighted by atomic mass is 16.5. The van der Waals surface area contributed by atoms with Crippen molar-refractivity contribution in [3.8, 4) is 17.6 Å². The Morgan fingerprint density at radius 2 is 1.72 bits per heavy atom. The van der Waals surface area contributed by atoms with E-state index in [2.05, 4.69) is 31.3 Å². The van der Waals surface area contributed by atoms with Gasteiger partial charge in [-0.25, -0.2) is 4.79 Å². The number of carbonyl (C=O) groups excluding carboxylic acids is 2. The van der Waals surface area contributed by atoms with Crippen molar-refractivity contribution in [2.75, 3.05) is 19.0 Å². The quantitative estimate of drug-likeness (QED) is 0.241. The van der Waals surface area contributed by atoms with Crippen molar-refractivity contribution in [1.29, 1.82) is 5.26 Å². The Morgan fingerprint density at radius 3 is 2.36 bits per heavy atom. The molecule has 7 heteroatoms. The van der Waals surface area contributed by atoms with E-state index in [4.69, 9.17) is 14.2 Å². The third kappa shape index (κ3) is 6.73. The molecule has 0 unspecified atom stereocenters.